The van der Waals surface area contributed by atoms with Crippen LogP contribution in [0.25, 0.3) is 0 Å². The number of nitrogens with zero attached hydrogens (tertiary/aromatic N) is 1. The minimum Gasteiger partial charge on any atom is -0.497 e. The first-order valence-corrected chi connectivity index (χ1v) is 9.49. The second-order valence-corrected chi connectivity index (χ2v) is 6.67. The van der Waals surface area contributed by atoms with E-state index in [1.165, 1.54) is 5.56 Å². The van der Waals surface area contributed by atoms with Crippen LogP contribution in [0.3, 0.4) is 0 Å². The molecule has 1 amide bonds. The van der Waals surface area contributed by atoms with E-state index in [1.807, 2.05) is 12.1 Å². The van der Waals surface area contributed by atoms with Crippen molar-refractivity contribution in [2.45, 2.75) is 39.7 Å². The monoisotopic (exact) mass is 378 g/mol. The lowest BCUT2D eigenvalue weighted by molar-refractivity contribution is 0.146. The van der Waals surface area contributed by atoms with Gasteiger partial charge in [-0.15, -0.1) is 0 Å². The van der Waals surface area contributed by atoms with Crippen LogP contribution in [0.2, 0.25) is 0 Å². The SMILES string of the molecule is CCOC(=O)NC(CNC(=NC)NCCc1ccc(OC)cc1)CC(C)C. The molecule has 0 fully saturated rings. The van der Waals surface area contributed by atoms with Gasteiger partial charge in [0.15, 0.2) is 5.96 Å². The molecule has 3 N–H and O–H groups in total. The largest absolute Gasteiger partial charge is 0.497 e. The first-order valence-electron chi connectivity index (χ1n) is 9.49. The number of hydrogen-bond acceptors (Lipinski definition) is 4. The Kier molecular flexibility index (Phi) is 10.7. The molecule has 7 nitrogen and oxygen atoms in total. The summed E-state index contributed by atoms with van der Waals surface area (Å²) in [6.07, 6.45) is 1.35. The Bertz CT molecular complexity index is 573. The number of rotatable bonds is 10. The lowest BCUT2D eigenvalue weighted by atomic mass is 10.0. The Morgan fingerprint density at radius 1 is 1.19 bits per heavy atom. The molecule has 1 aromatic rings. The Morgan fingerprint density at radius 2 is 1.89 bits per heavy atom. The second kappa shape index (κ2) is 12.8. The maximum atomic E-state index is 11.7. The third-order valence-corrected chi connectivity index (χ3v) is 3.96. The standard InChI is InChI=1S/C20H34N4O3/c1-6-27-20(25)24-17(13-15(2)3)14-23-19(21-4)22-12-11-16-7-9-18(26-5)10-8-16/h7-10,15,17H,6,11-14H2,1-5H3,(H,24,25)(H2,21,22,23). The predicted octanol–water partition coefficient (Wildman–Crippen LogP) is 2.56. The molecular weight excluding hydrogens is 344 g/mol. The molecule has 0 radical (unpaired) electrons. The summed E-state index contributed by atoms with van der Waals surface area (Å²) in [4.78, 5) is 16.0. The van der Waals surface area contributed by atoms with Crippen molar-refractivity contribution in [2.24, 2.45) is 10.9 Å². The summed E-state index contributed by atoms with van der Waals surface area (Å²) in [6.45, 7) is 7.75. The molecule has 0 aliphatic heterocycles. The van der Waals surface area contributed by atoms with Crippen molar-refractivity contribution < 1.29 is 14.3 Å². The molecule has 0 bridgehead atoms. The fraction of sp³-hybridized carbons (Fsp3) is 0.600. The van der Waals surface area contributed by atoms with Crippen LogP contribution in [0.4, 0.5) is 4.79 Å². The minimum absolute atomic E-state index is 0.0239. The van der Waals surface area contributed by atoms with Gasteiger partial charge in [-0.2, -0.15) is 0 Å². The van der Waals surface area contributed by atoms with E-state index in [1.54, 1.807) is 21.1 Å². The van der Waals surface area contributed by atoms with E-state index in [4.69, 9.17) is 9.47 Å². The van der Waals surface area contributed by atoms with E-state index in [-0.39, 0.29) is 12.1 Å². The molecule has 1 unspecified atom stereocenters. The van der Waals surface area contributed by atoms with Gasteiger partial charge in [0.1, 0.15) is 5.75 Å². The summed E-state index contributed by atoms with van der Waals surface area (Å²) in [5.41, 5.74) is 1.22. The predicted molar refractivity (Wildman–Crippen MR) is 109 cm³/mol. The maximum absolute atomic E-state index is 11.7. The summed E-state index contributed by atoms with van der Waals surface area (Å²) < 4.78 is 10.2. The zero-order valence-corrected chi connectivity index (χ0v) is 17.2. The lowest BCUT2D eigenvalue weighted by Gasteiger charge is -2.22. The van der Waals surface area contributed by atoms with Gasteiger partial charge in [0.25, 0.3) is 0 Å². The van der Waals surface area contributed by atoms with Crippen molar-refractivity contribution >= 4 is 12.1 Å². The van der Waals surface area contributed by atoms with Gasteiger partial charge in [-0.3, -0.25) is 4.99 Å². The maximum Gasteiger partial charge on any atom is 0.407 e. The number of benzene rings is 1. The molecule has 0 heterocycles. The number of guanidine groups is 1. The van der Waals surface area contributed by atoms with Gasteiger partial charge in [-0.05, 0) is 43.4 Å². The highest BCUT2D eigenvalue weighted by Gasteiger charge is 2.15. The minimum atomic E-state index is -0.382. The second-order valence-electron chi connectivity index (χ2n) is 6.67. The molecule has 0 aromatic heterocycles. The average molecular weight is 379 g/mol. The number of amides is 1. The number of aliphatic imine (C=N–C) groups is 1. The molecular formula is C20H34N4O3. The third kappa shape index (κ3) is 9.72. The van der Waals surface area contributed by atoms with Crippen LogP contribution in [-0.2, 0) is 11.2 Å². The molecule has 1 atom stereocenters. The molecule has 1 aromatic carbocycles. The molecule has 7 heteroatoms. The Balaban J connectivity index is 2.43. The smallest absolute Gasteiger partial charge is 0.407 e. The van der Waals surface area contributed by atoms with Gasteiger partial charge < -0.3 is 25.4 Å². The van der Waals surface area contributed by atoms with E-state index >= 15 is 0 Å². The molecule has 0 saturated carbocycles. The van der Waals surface area contributed by atoms with Crippen LogP contribution in [0, 0.1) is 5.92 Å². The molecule has 0 spiro atoms. The van der Waals surface area contributed by atoms with Crippen LogP contribution in [-0.4, -0.2) is 51.9 Å². The fourth-order valence-corrected chi connectivity index (χ4v) is 2.66. The van der Waals surface area contributed by atoms with Gasteiger partial charge in [0, 0.05) is 26.2 Å². The normalized spacial score (nSPS) is 12.4. The number of hydrogen-bond donors (Lipinski definition) is 3. The van der Waals surface area contributed by atoms with Crippen molar-refractivity contribution in [2.75, 3.05) is 33.9 Å². The van der Waals surface area contributed by atoms with Crippen molar-refractivity contribution in [3.8, 4) is 5.75 Å². The Hall–Kier alpha value is -2.44. The molecule has 152 valence electrons. The topological polar surface area (TPSA) is 84.0 Å². The van der Waals surface area contributed by atoms with Crippen molar-refractivity contribution in [3.05, 3.63) is 29.8 Å². The first kappa shape index (κ1) is 22.6. The van der Waals surface area contributed by atoms with E-state index in [9.17, 15) is 4.79 Å². The van der Waals surface area contributed by atoms with Gasteiger partial charge in [-0.1, -0.05) is 26.0 Å². The zero-order chi connectivity index (χ0) is 20.1. The highest BCUT2D eigenvalue weighted by molar-refractivity contribution is 5.79. The van der Waals surface area contributed by atoms with Crippen LogP contribution >= 0.6 is 0 Å². The molecule has 0 aliphatic rings. The van der Waals surface area contributed by atoms with E-state index in [0.29, 0.717) is 25.0 Å². The van der Waals surface area contributed by atoms with Crippen LogP contribution < -0.4 is 20.7 Å². The summed E-state index contributed by atoms with van der Waals surface area (Å²) in [7, 11) is 3.40. The van der Waals surface area contributed by atoms with E-state index in [0.717, 1.165) is 25.1 Å². The summed E-state index contributed by atoms with van der Waals surface area (Å²) in [5.74, 6) is 2.03. The Morgan fingerprint density at radius 3 is 2.44 bits per heavy atom. The third-order valence-electron chi connectivity index (χ3n) is 3.96. The highest BCUT2D eigenvalue weighted by atomic mass is 16.5. The number of carbonyl (C=O) groups excluding carboxylic acids is 1. The first-order chi connectivity index (χ1) is 13.0. The fourth-order valence-electron chi connectivity index (χ4n) is 2.66. The number of methoxy groups -OCH3 is 1. The molecule has 1 rings (SSSR count). The lowest BCUT2D eigenvalue weighted by Crippen LogP contribution is -2.48. The van der Waals surface area contributed by atoms with Crippen molar-refractivity contribution in [1.29, 1.82) is 0 Å². The molecule has 0 saturated heterocycles. The van der Waals surface area contributed by atoms with Crippen LogP contribution in [0.15, 0.2) is 29.3 Å². The summed E-state index contributed by atoms with van der Waals surface area (Å²) in [5, 5.41) is 9.48. The quantitative estimate of drug-likeness (QED) is 0.430. The average Bonchev–Trinajstić information content (AvgIpc) is 2.64. The van der Waals surface area contributed by atoms with Crippen LogP contribution in [0.1, 0.15) is 32.8 Å². The molecule has 27 heavy (non-hydrogen) atoms. The van der Waals surface area contributed by atoms with Crippen LogP contribution in [0.5, 0.6) is 5.75 Å². The van der Waals surface area contributed by atoms with Crippen molar-refractivity contribution in [1.82, 2.24) is 16.0 Å². The van der Waals surface area contributed by atoms with Gasteiger partial charge in [0.05, 0.1) is 13.7 Å². The number of nitrogens with one attached hydrogen (secondary N) is 3. The number of ether oxygens (including phenoxy) is 2. The zero-order valence-electron chi connectivity index (χ0n) is 17.2. The van der Waals surface area contributed by atoms with Gasteiger partial charge in [-0.25, -0.2) is 4.79 Å². The Labute approximate surface area is 162 Å². The van der Waals surface area contributed by atoms with E-state index < -0.39 is 0 Å². The number of alkyl carbamates (subject to hydrolysis) is 1. The van der Waals surface area contributed by atoms with Gasteiger partial charge in [0.2, 0.25) is 0 Å². The summed E-state index contributed by atoms with van der Waals surface area (Å²) >= 11 is 0. The molecule has 0 aliphatic carbocycles. The number of carbonyl (C=O) groups is 1. The van der Waals surface area contributed by atoms with E-state index in [2.05, 4.69) is 46.9 Å². The van der Waals surface area contributed by atoms with Crippen molar-refractivity contribution in [3.63, 3.8) is 0 Å². The highest BCUT2D eigenvalue weighted by Crippen LogP contribution is 2.11. The summed E-state index contributed by atoms with van der Waals surface area (Å²) in [6, 6.07) is 8.00. The van der Waals surface area contributed by atoms with Gasteiger partial charge >= 0.3 is 6.09 Å².